The zero-order valence-electron chi connectivity index (χ0n) is 16.6. The van der Waals surface area contributed by atoms with Gasteiger partial charge in [0.1, 0.15) is 17.8 Å². The number of nitrogens with zero attached hydrogens (tertiary/aromatic N) is 3. The lowest BCUT2D eigenvalue weighted by Crippen LogP contribution is -2.10. The number of rotatable bonds is 9. The van der Waals surface area contributed by atoms with Gasteiger partial charge in [-0.15, -0.1) is 0 Å². The van der Waals surface area contributed by atoms with E-state index in [2.05, 4.69) is 26.7 Å². The summed E-state index contributed by atoms with van der Waals surface area (Å²) in [6.45, 7) is 0.575. The van der Waals surface area contributed by atoms with Crippen LogP contribution in [0.1, 0.15) is 32.1 Å². The van der Waals surface area contributed by atoms with Crippen molar-refractivity contribution in [3.63, 3.8) is 0 Å². The molecule has 0 aliphatic heterocycles. The van der Waals surface area contributed by atoms with Gasteiger partial charge in [-0.1, -0.05) is 11.6 Å². The number of nitrogens with one attached hydrogen (secondary N) is 2. The molecule has 2 aromatic rings. The van der Waals surface area contributed by atoms with Gasteiger partial charge in [-0.3, -0.25) is 10.1 Å². The van der Waals surface area contributed by atoms with E-state index in [4.69, 9.17) is 9.47 Å². The molecule has 1 aromatic heterocycles. The van der Waals surface area contributed by atoms with Gasteiger partial charge in [-0.2, -0.15) is 0 Å². The van der Waals surface area contributed by atoms with Gasteiger partial charge in [0, 0.05) is 12.6 Å². The van der Waals surface area contributed by atoms with Crippen molar-refractivity contribution in [2.24, 2.45) is 0 Å². The number of hydrogen-bond donors (Lipinski definition) is 2. The zero-order valence-corrected chi connectivity index (χ0v) is 16.6. The van der Waals surface area contributed by atoms with Crippen molar-refractivity contribution in [3.8, 4) is 11.5 Å². The number of anilines is 3. The first-order valence-corrected chi connectivity index (χ1v) is 9.52. The van der Waals surface area contributed by atoms with Crippen molar-refractivity contribution in [3.05, 3.63) is 46.3 Å². The molecular formula is C20H25N5O4. The van der Waals surface area contributed by atoms with Crippen LogP contribution in [0.25, 0.3) is 0 Å². The molecular weight excluding hydrogens is 374 g/mol. The molecule has 29 heavy (non-hydrogen) atoms. The van der Waals surface area contributed by atoms with Gasteiger partial charge in [0.15, 0.2) is 0 Å². The van der Waals surface area contributed by atoms with Gasteiger partial charge in [0.2, 0.25) is 11.6 Å². The van der Waals surface area contributed by atoms with E-state index < -0.39 is 4.92 Å². The fraction of sp³-hybridized carbons (Fsp3) is 0.400. The lowest BCUT2D eigenvalue weighted by molar-refractivity contribution is -0.383. The maximum atomic E-state index is 11.8. The third-order valence-electron chi connectivity index (χ3n) is 4.79. The maximum Gasteiger partial charge on any atom is 0.353 e. The molecule has 9 nitrogen and oxygen atoms in total. The highest BCUT2D eigenvalue weighted by atomic mass is 16.6. The van der Waals surface area contributed by atoms with E-state index in [1.165, 1.54) is 31.9 Å². The van der Waals surface area contributed by atoms with Crippen LogP contribution in [-0.2, 0) is 0 Å². The number of hydrogen-bond acceptors (Lipinski definition) is 8. The van der Waals surface area contributed by atoms with E-state index in [0.717, 1.165) is 19.3 Å². The van der Waals surface area contributed by atoms with Crippen LogP contribution in [0.5, 0.6) is 11.5 Å². The fourth-order valence-electron chi connectivity index (χ4n) is 3.29. The molecule has 3 rings (SSSR count). The van der Waals surface area contributed by atoms with E-state index in [9.17, 15) is 10.1 Å². The molecule has 0 saturated heterocycles. The highest BCUT2D eigenvalue weighted by Gasteiger charge is 2.24. The van der Waals surface area contributed by atoms with E-state index >= 15 is 0 Å². The standard InChI is InChI=1S/C20H25N5O4/c1-28-15-8-9-17(29-2)16(12-15)24-20-18(25(26)27)19(22-13-23-20)21-11-10-14-6-4-3-5-7-14/h6,8-9,12-13H,3-5,7,10-11H2,1-2H3,(H2,21,22,23,24). The molecule has 0 spiro atoms. The molecule has 154 valence electrons. The average molecular weight is 399 g/mol. The molecule has 2 N–H and O–H groups in total. The van der Waals surface area contributed by atoms with E-state index in [-0.39, 0.29) is 17.3 Å². The second-order valence-corrected chi connectivity index (χ2v) is 6.65. The summed E-state index contributed by atoms with van der Waals surface area (Å²) in [6.07, 6.45) is 9.04. The molecule has 1 aromatic carbocycles. The second-order valence-electron chi connectivity index (χ2n) is 6.65. The molecule has 0 radical (unpaired) electrons. The SMILES string of the molecule is COc1ccc(OC)c(Nc2ncnc(NCCC3=CCCCC3)c2[N+](=O)[O-])c1. The monoisotopic (exact) mass is 399 g/mol. The van der Waals surface area contributed by atoms with Crippen LogP contribution in [0.4, 0.5) is 23.0 Å². The highest BCUT2D eigenvalue weighted by molar-refractivity contribution is 5.76. The molecule has 0 bridgehead atoms. The first-order chi connectivity index (χ1) is 14.1. The first kappa shape index (κ1) is 20.4. The van der Waals surface area contributed by atoms with E-state index in [0.29, 0.717) is 23.7 Å². The van der Waals surface area contributed by atoms with Crippen molar-refractivity contribution in [2.45, 2.75) is 32.1 Å². The number of allylic oxidation sites excluding steroid dienone is 1. The summed E-state index contributed by atoms with van der Waals surface area (Å²) >= 11 is 0. The predicted octanol–water partition coefficient (Wildman–Crippen LogP) is 4.45. The summed E-state index contributed by atoms with van der Waals surface area (Å²) in [5.41, 5.74) is 1.68. The highest BCUT2D eigenvalue weighted by Crippen LogP contribution is 2.36. The lowest BCUT2D eigenvalue weighted by atomic mass is 9.97. The van der Waals surface area contributed by atoms with Gasteiger partial charge < -0.3 is 20.1 Å². The quantitative estimate of drug-likeness (QED) is 0.361. The van der Waals surface area contributed by atoms with Crippen LogP contribution < -0.4 is 20.1 Å². The molecule has 0 unspecified atom stereocenters. The minimum atomic E-state index is -0.489. The summed E-state index contributed by atoms with van der Waals surface area (Å²) < 4.78 is 10.6. The minimum Gasteiger partial charge on any atom is -0.497 e. The summed E-state index contributed by atoms with van der Waals surface area (Å²) in [5.74, 6) is 1.36. The third-order valence-corrected chi connectivity index (χ3v) is 4.79. The van der Waals surface area contributed by atoms with Gasteiger partial charge in [-0.05, 0) is 44.2 Å². The summed E-state index contributed by atoms with van der Waals surface area (Å²) in [5, 5.41) is 17.8. The summed E-state index contributed by atoms with van der Waals surface area (Å²) in [6, 6.07) is 5.14. The Morgan fingerprint density at radius 1 is 1.17 bits per heavy atom. The van der Waals surface area contributed by atoms with Crippen molar-refractivity contribution in [2.75, 3.05) is 31.4 Å². The molecule has 0 fully saturated rings. The van der Waals surface area contributed by atoms with Gasteiger partial charge >= 0.3 is 5.69 Å². The zero-order chi connectivity index (χ0) is 20.6. The Bertz CT molecular complexity index is 900. The molecule has 0 saturated carbocycles. The predicted molar refractivity (Wildman–Crippen MR) is 111 cm³/mol. The maximum absolute atomic E-state index is 11.8. The Balaban J connectivity index is 1.81. The Morgan fingerprint density at radius 2 is 2.00 bits per heavy atom. The largest absolute Gasteiger partial charge is 0.497 e. The van der Waals surface area contributed by atoms with Crippen molar-refractivity contribution in [1.82, 2.24) is 9.97 Å². The molecule has 9 heteroatoms. The second kappa shape index (κ2) is 9.72. The molecule has 1 heterocycles. The Hall–Kier alpha value is -3.36. The minimum absolute atomic E-state index is 0.0796. The fourth-order valence-corrected chi connectivity index (χ4v) is 3.29. The normalized spacial score (nSPS) is 13.4. The van der Waals surface area contributed by atoms with Gasteiger partial charge in [0.05, 0.1) is 24.8 Å². The Morgan fingerprint density at radius 3 is 2.69 bits per heavy atom. The number of benzene rings is 1. The first-order valence-electron chi connectivity index (χ1n) is 9.52. The smallest absolute Gasteiger partial charge is 0.353 e. The van der Waals surface area contributed by atoms with Crippen LogP contribution in [-0.4, -0.2) is 35.7 Å². The van der Waals surface area contributed by atoms with Crippen LogP contribution in [0, 0.1) is 10.1 Å². The van der Waals surface area contributed by atoms with Gasteiger partial charge in [-0.25, -0.2) is 9.97 Å². The van der Waals surface area contributed by atoms with Crippen LogP contribution in [0.3, 0.4) is 0 Å². The Kier molecular flexibility index (Phi) is 6.83. The topological polar surface area (TPSA) is 111 Å². The molecule has 0 atom stereocenters. The van der Waals surface area contributed by atoms with Crippen molar-refractivity contribution >= 4 is 23.0 Å². The number of nitro groups is 1. The van der Waals surface area contributed by atoms with Crippen molar-refractivity contribution in [1.29, 1.82) is 0 Å². The number of methoxy groups -OCH3 is 2. The molecule has 1 aliphatic carbocycles. The third kappa shape index (κ3) is 5.13. The lowest BCUT2D eigenvalue weighted by Gasteiger charge is -2.14. The number of aromatic nitrogens is 2. The van der Waals surface area contributed by atoms with Gasteiger partial charge in [0.25, 0.3) is 0 Å². The average Bonchev–Trinajstić information content (AvgIpc) is 2.74. The molecule has 1 aliphatic rings. The van der Waals surface area contributed by atoms with E-state index in [1.807, 2.05) is 0 Å². The number of ether oxygens (including phenoxy) is 2. The Labute approximate surface area is 169 Å². The summed E-state index contributed by atoms with van der Waals surface area (Å²) in [4.78, 5) is 19.4. The van der Waals surface area contributed by atoms with Crippen molar-refractivity contribution < 1.29 is 14.4 Å². The van der Waals surface area contributed by atoms with E-state index in [1.54, 1.807) is 25.3 Å². The van der Waals surface area contributed by atoms with Crippen LogP contribution >= 0.6 is 0 Å². The molecule has 0 amide bonds. The van der Waals surface area contributed by atoms with Crippen LogP contribution in [0.15, 0.2) is 36.2 Å². The van der Waals surface area contributed by atoms with Crippen LogP contribution in [0.2, 0.25) is 0 Å². The summed E-state index contributed by atoms with van der Waals surface area (Å²) in [7, 11) is 3.07.